The van der Waals surface area contributed by atoms with Crippen LogP contribution in [0.1, 0.15) is 81.1 Å². The summed E-state index contributed by atoms with van der Waals surface area (Å²) >= 11 is 0. The molecule has 0 aliphatic heterocycles. The topological polar surface area (TPSA) is 80.9 Å². The van der Waals surface area contributed by atoms with Gasteiger partial charge < -0.3 is 19.8 Å². The molecule has 0 aromatic heterocycles. The Labute approximate surface area is 188 Å². The monoisotopic (exact) mass is 460 g/mol. The largest absolute Gasteiger partial charge is 0.432 e. The van der Waals surface area contributed by atoms with E-state index < -0.39 is 16.6 Å². The second-order valence-corrected chi connectivity index (χ2v) is 15.9. The average molecular weight is 461 g/mol. The van der Waals surface area contributed by atoms with Crippen LogP contribution in [0.25, 0.3) is 0 Å². The van der Waals surface area contributed by atoms with Gasteiger partial charge in [-0.15, -0.1) is 0 Å². The van der Waals surface area contributed by atoms with Crippen LogP contribution in [0.15, 0.2) is 0 Å². The number of hydrogen-bond acceptors (Lipinski definition) is 4. The molecule has 168 valence electrons. The van der Waals surface area contributed by atoms with Crippen molar-refractivity contribution in [3.8, 4) is 0 Å². The van der Waals surface area contributed by atoms with Gasteiger partial charge in [0.25, 0.3) is 0 Å². The minimum atomic E-state index is -1.67. The van der Waals surface area contributed by atoms with Crippen molar-refractivity contribution in [2.45, 2.75) is 117 Å². The second kappa shape index (κ2) is 29.2. The molecule has 0 aliphatic rings. The van der Waals surface area contributed by atoms with Crippen molar-refractivity contribution in [2.24, 2.45) is 0 Å². The van der Waals surface area contributed by atoms with Crippen LogP contribution in [0.3, 0.4) is 0 Å². The summed E-state index contributed by atoms with van der Waals surface area (Å²) in [5, 5.41) is 16.1. The van der Waals surface area contributed by atoms with E-state index in [1.807, 2.05) is 0 Å². The van der Waals surface area contributed by atoms with E-state index in [4.69, 9.17) is 10.2 Å². The summed E-state index contributed by atoms with van der Waals surface area (Å²) in [4.78, 5) is 19.2. The number of rotatable bonds is 10. The zero-order chi connectivity index (χ0) is 21.5. The summed E-state index contributed by atoms with van der Waals surface area (Å²) in [6.07, 6.45) is 4.08. The summed E-state index contributed by atoms with van der Waals surface area (Å²) < 4.78 is 0. The maximum absolute atomic E-state index is 9.58. The minimum absolute atomic E-state index is 0. The average Bonchev–Trinajstić information content (AvgIpc) is 2.69. The van der Waals surface area contributed by atoms with Gasteiger partial charge in [-0.25, -0.2) is 0 Å². The van der Waals surface area contributed by atoms with Gasteiger partial charge in [0.2, 0.25) is 0 Å². The van der Waals surface area contributed by atoms with Gasteiger partial charge >= 0.3 is 0 Å². The summed E-state index contributed by atoms with van der Waals surface area (Å²) in [5.41, 5.74) is 0. The zero-order valence-corrected chi connectivity index (χ0v) is 23.3. The first-order valence-corrected chi connectivity index (χ1v) is 16.0. The molecule has 4 nitrogen and oxygen atoms in total. The van der Waals surface area contributed by atoms with E-state index in [1.54, 1.807) is 0 Å². The molecular formula is C20H52O4Si2Ti. The van der Waals surface area contributed by atoms with Gasteiger partial charge in [-0.3, -0.25) is 0 Å². The molecule has 0 unspecified atom stereocenters. The van der Waals surface area contributed by atoms with Crippen molar-refractivity contribution in [1.82, 2.24) is 0 Å². The Kier molecular flexibility index (Phi) is 41.7. The van der Waals surface area contributed by atoms with Crippen LogP contribution in [0.5, 0.6) is 0 Å². The summed E-state index contributed by atoms with van der Waals surface area (Å²) in [6, 6.07) is 6.08. The van der Waals surface area contributed by atoms with Gasteiger partial charge in [0.1, 0.15) is 0 Å². The van der Waals surface area contributed by atoms with Gasteiger partial charge in [-0.1, -0.05) is 68.2 Å². The van der Waals surface area contributed by atoms with Gasteiger partial charge in [0.15, 0.2) is 16.6 Å². The van der Waals surface area contributed by atoms with Crippen LogP contribution >= 0.6 is 0 Å². The molecule has 0 atom stereocenters. The third-order valence-electron chi connectivity index (χ3n) is 4.97. The van der Waals surface area contributed by atoms with E-state index in [0.29, 0.717) is 13.2 Å². The molecule has 0 rings (SSSR count). The summed E-state index contributed by atoms with van der Waals surface area (Å²) in [6.45, 7) is 17.3. The van der Waals surface area contributed by atoms with Crippen LogP contribution in [-0.2, 0) is 21.7 Å². The van der Waals surface area contributed by atoms with E-state index in [-0.39, 0.29) is 21.7 Å². The third-order valence-corrected chi connectivity index (χ3v) is 12.9. The Morgan fingerprint density at radius 3 is 0.667 bits per heavy atom. The van der Waals surface area contributed by atoms with Crippen LogP contribution in [0.2, 0.25) is 36.3 Å². The quantitative estimate of drug-likeness (QED) is 0.324. The molecule has 7 heteroatoms. The number of aliphatic hydroxyl groups excluding tert-OH is 2. The summed E-state index contributed by atoms with van der Waals surface area (Å²) in [7, 11) is -3.34. The molecule has 0 aromatic rings. The first-order chi connectivity index (χ1) is 12.2. The molecule has 0 fully saturated rings. The smallest absolute Gasteiger partial charge is 0.187 e. The number of aliphatic hydroxyl groups is 2. The molecule has 0 aromatic carbocycles. The molecule has 0 spiro atoms. The second-order valence-electron chi connectivity index (χ2n) is 6.72. The molecule has 0 amide bonds. The van der Waals surface area contributed by atoms with Crippen LogP contribution in [0.4, 0.5) is 0 Å². The summed E-state index contributed by atoms with van der Waals surface area (Å²) in [5.74, 6) is 0. The van der Waals surface area contributed by atoms with Gasteiger partial charge in [0, 0.05) is 34.9 Å². The van der Waals surface area contributed by atoms with Gasteiger partial charge in [-0.05, 0) is 49.1 Å². The van der Waals surface area contributed by atoms with Crippen LogP contribution < -0.4 is 0 Å². The van der Waals surface area contributed by atoms with Crippen molar-refractivity contribution in [1.29, 1.82) is 0 Å². The predicted molar refractivity (Wildman–Crippen MR) is 123 cm³/mol. The first kappa shape index (κ1) is 38.6. The van der Waals surface area contributed by atoms with Crippen LogP contribution in [0, 0.1) is 0 Å². The fourth-order valence-electron chi connectivity index (χ4n) is 1.82. The molecule has 0 saturated carbocycles. The SMILES string of the molecule is CCCCO.CCCCO.CC[Si](O)(CC)CC.CC[Si](O)(CC)CC.[Ti]. The molecule has 4 N–H and O–H groups in total. The van der Waals surface area contributed by atoms with E-state index in [2.05, 4.69) is 55.4 Å². The predicted octanol–water partition coefficient (Wildman–Crippen LogP) is 5.52. The van der Waals surface area contributed by atoms with Crippen molar-refractivity contribution in [3.63, 3.8) is 0 Å². The molecule has 0 bridgehead atoms. The van der Waals surface area contributed by atoms with Crippen molar-refractivity contribution >= 4 is 16.6 Å². The Morgan fingerprint density at radius 1 is 0.481 bits per heavy atom. The van der Waals surface area contributed by atoms with Crippen molar-refractivity contribution in [2.75, 3.05) is 13.2 Å². The first-order valence-electron chi connectivity index (χ1n) is 10.9. The Bertz CT molecular complexity index is 195. The maximum Gasteiger partial charge on any atom is 0.187 e. The Balaban J connectivity index is -0.0000000807. The van der Waals surface area contributed by atoms with Gasteiger partial charge in [0.05, 0.1) is 0 Å². The van der Waals surface area contributed by atoms with E-state index >= 15 is 0 Å². The van der Waals surface area contributed by atoms with Crippen molar-refractivity contribution < 1.29 is 41.5 Å². The standard InChI is InChI=1S/2C6H16OSi.2C4H10O.Ti/c2*1-4-8(7,5-2)6-3;2*1-2-3-4-5;/h2*7H,4-6H2,1-3H3;2*5H,2-4H2,1H3;. The fourth-order valence-corrected chi connectivity index (χ4v) is 4.82. The minimum Gasteiger partial charge on any atom is -0.432 e. The maximum atomic E-state index is 9.58. The van der Waals surface area contributed by atoms with Crippen molar-refractivity contribution in [3.05, 3.63) is 0 Å². The van der Waals surface area contributed by atoms with E-state index in [0.717, 1.165) is 61.9 Å². The van der Waals surface area contributed by atoms with E-state index in [1.165, 1.54) is 0 Å². The molecular weight excluding hydrogens is 408 g/mol. The van der Waals surface area contributed by atoms with E-state index in [9.17, 15) is 9.59 Å². The van der Waals surface area contributed by atoms with Crippen LogP contribution in [-0.4, -0.2) is 49.7 Å². The zero-order valence-electron chi connectivity index (χ0n) is 19.8. The molecule has 0 radical (unpaired) electrons. The Hall–Kier alpha value is 0.988. The fraction of sp³-hybridized carbons (Fsp3) is 1.00. The van der Waals surface area contributed by atoms with Gasteiger partial charge in [-0.2, -0.15) is 0 Å². The third kappa shape index (κ3) is 31.9. The molecule has 27 heavy (non-hydrogen) atoms. The number of hydrogen-bond donors (Lipinski definition) is 4. The normalized spacial score (nSPS) is 10.2. The molecule has 0 heterocycles. The molecule has 0 aliphatic carbocycles. The Morgan fingerprint density at radius 2 is 0.667 bits per heavy atom. The molecule has 0 saturated heterocycles. The number of unbranched alkanes of at least 4 members (excludes halogenated alkanes) is 2.